The van der Waals surface area contributed by atoms with Crippen molar-refractivity contribution >= 4 is 21.8 Å². The minimum atomic E-state index is 0.309. The van der Waals surface area contributed by atoms with Gasteiger partial charge in [0, 0.05) is 11.6 Å². The van der Waals surface area contributed by atoms with Gasteiger partial charge in [-0.25, -0.2) is 4.68 Å². The quantitative estimate of drug-likeness (QED) is 0.790. The Bertz CT molecular complexity index is 671. The highest BCUT2D eigenvalue weighted by Crippen LogP contribution is 2.22. The van der Waals surface area contributed by atoms with Gasteiger partial charge in [0.25, 0.3) is 0 Å². The van der Waals surface area contributed by atoms with Crippen LogP contribution in [0.5, 0.6) is 0 Å². The number of nitrogens with zero attached hydrogens (tertiary/aromatic N) is 3. The predicted octanol–water partition coefficient (Wildman–Crippen LogP) is 2.87. The van der Waals surface area contributed by atoms with Crippen LogP contribution in [0.2, 0.25) is 0 Å². The van der Waals surface area contributed by atoms with Gasteiger partial charge in [0.15, 0.2) is 0 Å². The monoisotopic (exact) mass is 304 g/mol. The Morgan fingerprint density at radius 3 is 2.50 bits per heavy atom. The first-order valence-corrected chi connectivity index (χ1v) is 6.06. The fourth-order valence-corrected chi connectivity index (χ4v) is 2.09. The predicted molar refractivity (Wildman–Crippen MR) is 71.2 cm³/mol. The maximum atomic E-state index is 5.49. The Kier molecular flexibility index (Phi) is 2.64. The number of benzene rings is 1. The summed E-state index contributed by atoms with van der Waals surface area (Å²) in [6.07, 6.45) is 1.73. The van der Waals surface area contributed by atoms with E-state index in [0.29, 0.717) is 5.88 Å². The molecule has 0 unspecified atom stereocenters. The summed E-state index contributed by atoms with van der Waals surface area (Å²) in [6, 6.07) is 11.4. The molecule has 6 heteroatoms. The van der Waals surface area contributed by atoms with Gasteiger partial charge >= 0.3 is 0 Å². The molecule has 18 heavy (non-hydrogen) atoms. The zero-order valence-electron chi connectivity index (χ0n) is 9.25. The maximum absolute atomic E-state index is 5.49. The van der Waals surface area contributed by atoms with Gasteiger partial charge in [0.2, 0.25) is 5.88 Å². The highest BCUT2D eigenvalue weighted by molar-refractivity contribution is 9.10. The molecule has 2 N–H and O–H groups in total. The van der Waals surface area contributed by atoms with Gasteiger partial charge < -0.3 is 10.3 Å². The molecule has 0 atom stereocenters. The molecule has 0 aliphatic carbocycles. The van der Waals surface area contributed by atoms with Crippen molar-refractivity contribution < 1.29 is 4.52 Å². The fraction of sp³-hybridized carbons (Fsp3) is 0. The summed E-state index contributed by atoms with van der Waals surface area (Å²) >= 11 is 3.43. The van der Waals surface area contributed by atoms with E-state index in [1.54, 1.807) is 16.9 Å². The van der Waals surface area contributed by atoms with Crippen molar-refractivity contribution in [1.82, 2.24) is 14.9 Å². The van der Waals surface area contributed by atoms with Gasteiger partial charge in [-0.3, -0.25) is 0 Å². The van der Waals surface area contributed by atoms with Crippen molar-refractivity contribution in [3.05, 3.63) is 47.2 Å². The van der Waals surface area contributed by atoms with Crippen molar-refractivity contribution in [1.29, 1.82) is 0 Å². The summed E-state index contributed by atoms with van der Waals surface area (Å²) in [6.45, 7) is 0. The number of anilines is 1. The van der Waals surface area contributed by atoms with Crippen LogP contribution in [0.1, 0.15) is 0 Å². The van der Waals surface area contributed by atoms with Gasteiger partial charge in [-0.2, -0.15) is 5.10 Å². The first-order chi connectivity index (χ1) is 8.74. The zero-order chi connectivity index (χ0) is 12.5. The molecule has 5 nitrogen and oxygen atoms in total. The average Bonchev–Trinajstić information content (AvgIpc) is 2.98. The van der Waals surface area contributed by atoms with Crippen molar-refractivity contribution in [2.24, 2.45) is 0 Å². The molecule has 3 rings (SSSR count). The van der Waals surface area contributed by atoms with Crippen LogP contribution in [0.15, 0.2) is 51.7 Å². The van der Waals surface area contributed by atoms with Crippen molar-refractivity contribution in [2.75, 3.05) is 5.73 Å². The van der Waals surface area contributed by atoms with Gasteiger partial charge in [-0.1, -0.05) is 17.3 Å². The molecule has 0 saturated heterocycles. The second kappa shape index (κ2) is 4.30. The Labute approximate surface area is 111 Å². The summed E-state index contributed by atoms with van der Waals surface area (Å²) in [5, 5.41) is 8.07. The van der Waals surface area contributed by atoms with E-state index in [0.717, 1.165) is 21.5 Å². The fourth-order valence-electron chi connectivity index (χ4n) is 1.68. The number of hydrogen-bond donors (Lipinski definition) is 1. The van der Waals surface area contributed by atoms with Crippen LogP contribution in [0.4, 0.5) is 5.88 Å². The number of aromatic nitrogens is 3. The summed E-state index contributed by atoms with van der Waals surface area (Å²) in [7, 11) is 0. The van der Waals surface area contributed by atoms with Crippen LogP contribution in [-0.2, 0) is 0 Å². The molecule has 0 aliphatic heterocycles. The van der Waals surface area contributed by atoms with E-state index in [2.05, 4.69) is 26.2 Å². The van der Waals surface area contributed by atoms with Crippen LogP contribution >= 0.6 is 15.9 Å². The number of halogens is 1. The van der Waals surface area contributed by atoms with E-state index in [9.17, 15) is 0 Å². The lowest BCUT2D eigenvalue weighted by atomic mass is 10.1. The normalized spacial score (nSPS) is 10.7. The standard InChI is InChI=1S/C12H9BrN4O/c13-11-5-6-15-17(11)9-3-1-8(2-4-9)10-7-12(14)18-16-10/h1-7H,14H2. The molecule has 0 fully saturated rings. The molecule has 0 bridgehead atoms. The number of nitrogens with two attached hydrogens (primary N) is 1. The Hall–Kier alpha value is -2.08. The minimum absolute atomic E-state index is 0.309. The second-order valence-corrected chi connectivity index (χ2v) is 4.54. The molecular formula is C12H9BrN4O. The highest BCUT2D eigenvalue weighted by Gasteiger charge is 2.06. The Balaban J connectivity index is 1.97. The molecule has 3 aromatic rings. The van der Waals surface area contributed by atoms with Crippen molar-refractivity contribution in [2.45, 2.75) is 0 Å². The van der Waals surface area contributed by atoms with E-state index < -0.39 is 0 Å². The highest BCUT2D eigenvalue weighted by atomic mass is 79.9. The largest absolute Gasteiger partial charge is 0.368 e. The van der Waals surface area contributed by atoms with Gasteiger partial charge in [0.05, 0.1) is 11.9 Å². The first-order valence-electron chi connectivity index (χ1n) is 5.26. The maximum Gasteiger partial charge on any atom is 0.222 e. The Morgan fingerprint density at radius 1 is 1.17 bits per heavy atom. The molecule has 0 saturated carbocycles. The zero-order valence-corrected chi connectivity index (χ0v) is 10.8. The molecule has 0 radical (unpaired) electrons. The summed E-state index contributed by atoms with van der Waals surface area (Å²) in [5.74, 6) is 0.309. The lowest BCUT2D eigenvalue weighted by Gasteiger charge is -2.03. The smallest absolute Gasteiger partial charge is 0.222 e. The lowest BCUT2D eigenvalue weighted by Crippen LogP contribution is -1.95. The van der Waals surface area contributed by atoms with Gasteiger partial charge in [0.1, 0.15) is 10.3 Å². The third kappa shape index (κ3) is 1.91. The molecule has 0 spiro atoms. The minimum Gasteiger partial charge on any atom is -0.368 e. The number of hydrogen-bond acceptors (Lipinski definition) is 4. The topological polar surface area (TPSA) is 69.9 Å². The molecule has 90 valence electrons. The third-order valence-electron chi connectivity index (χ3n) is 2.53. The van der Waals surface area contributed by atoms with Crippen molar-refractivity contribution in [3.63, 3.8) is 0 Å². The third-order valence-corrected chi connectivity index (χ3v) is 3.13. The van der Waals surface area contributed by atoms with E-state index in [-0.39, 0.29) is 0 Å². The summed E-state index contributed by atoms with van der Waals surface area (Å²) in [5.41, 5.74) is 8.13. The molecule has 2 aromatic heterocycles. The van der Waals surface area contributed by atoms with Crippen LogP contribution < -0.4 is 5.73 Å². The van der Waals surface area contributed by atoms with Crippen molar-refractivity contribution in [3.8, 4) is 16.9 Å². The molecule has 0 amide bonds. The van der Waals surface area contributed by atoms with E-state index >= 15 is 0 Å². The van der Waals surface area contributed by atoms with Gasteiger partial charge in [-0.15, -0.1) is 0 Å². The van der Waals surface area contributed by atoms with E-state index in [1.165, 1.54) is 0 Å². The molecular weight excluding hydrogens is 296 g/mol. The SMILES string of the molecule is Nc1cc(-c2ccc(-n3nccc3Br)cc2)no1. The first kappa shape index (κ1) is 11.0. The van der Waals surface area contributed by atoms with Crippen LogP contribution in [0, 0.1) is 0 Å². The summed E-state index contributed by atoms with van der Waals surface area (Å²) < 4.78 is 7.54. The number of rotatable bonds is 2. The average molecular weight is 305 g/mol. The van der Waals surface area contributed by atoms with Gasteiger partial charge in [-0.05, 0) is 34.1 Å². The molecule has 2 heterocycles. The lowest BCUT2D eigenvalue weighted by molar-refractivity contribution is 0.439. The van der Waals surface area contributed by atoms with Crippen LogP contribution in [0.25, 0.3) is 16.9 Å². The van der Waals surface area contributed by atoms with E-state index in [1.807, 2.05) is 30.3 Å². The molecule has 1 aromatic carbocycles. The second-order valence-electron chi connectivity index (χ2n) is 3.73. The molecule has 0 aliphatic rings. The van der Waals surface area contributed by atoms with Crippen LogP contribution in [0.3, 0.4) is 0 Å². The van der Waals surface area contributed by atoms with Crippen LogP contribution in [-0.4, -0.2) is 14.9 Å². The van der Waals surface area contributed by atoms with E-state index in [4.69, 9.17) is 10.3 Å². The number of nitrogen functional groups attached to an aromatic ring is 1. The Morgan fingerprint density at radius 2 is 1.94 bits per heavy atom. The summed E-state index contributed by atoms with van der Waals surface area (Å²) in [4.78, 5) is 0.